The Balaban J connectivity index is 1.42. The first kappa shape index (κ1) is 21.0. The summed E-state index contributed by atoms with van der Waals surface area (Å²) in [6.07, 6.45) is 0. The molecule has 0 atom stereocenters. The molecule has 0 aliphatic carbocycles. The standard InChI is InChI=1S/C22H24FN5O2S/c1-2-30-19-9-3-16(4-10-19)21-24-25-22(31)28(21)15-20(29)27-13-11-26(12-14-27)18-7-5-17(23)6-8-18/h3-10H,2,11-15H2,1H3,(H,25,31). The van der Waals surface area contributed by atoms with E-state index in [2.05, 4.69) is 15.1 Å². The molecule has 1 fully saturated rings. The summed E-state index contributed by atoms with van der Waals surface area (Å²) in [5.41, 5.74) is 1.81. The van der Waals surface area contributed by atoms with Crippen molar-refractivity contribution in [3.8, 4) is 17.1 Å². The maximum atomic E-state index is 13.1. The van der Waals surface area contributed by atoms with E-state index >= 15 is 0 Å². The summed E-state index contributed by atoms with van der Waals surface area (Å²) >= 11 is 5.36. The fourth-order valence-corrected chi connectivity index (χ4v) is 3.85. The molecule has 31 heavy (non-hydrogen) atoms. The fourth-order valence-electron chi connectivity index (χ4n) is 3.65. The first-order valence-electron chi connectivity index (χ1n) is 10.2. The van der Waals surface area contributed by atoms with Gasteiger partial charge in [-0.25, -0.2) is 4.39 Å². The monoisotopic (exact) mass is 441 g/mol. The molecule has 1 N–H and O–H groups in total. The molecule has 0 spiro atoms. The second-order valence-corrected chi connectivity index (χ2v) is 7.63. The molecule has 1 amide bonds. The van der Waals surface area contributed by atoms with Gasteiger partial charge < -0.3 is 14.5 Å². The predicted octanol–water partition coefficient (Wildman–Crippen LogP) is 3.49. The number of carbonyl (C=O) groups is 1. The number of ether oxygens (including phenoxy) is 1. The van der Waals surface area contributed by atoms with Crippen molar-refractivity contribution in [3.05, 3.63) is 59.1 Å². The fraction of sp³-hybridized carbons (Fsp3) is 0.318. The number of piperazine rings is 1. The van der Waals surface area contributed by atoms with Gasteiger partial charge in [0.15, 0.2) is 10.6 Å². The quantitative estimate of drug-likeness (QED) is 0.593. The summed E-state index contributed by atoms with van der Waals surface area (Å²) < 4.78 is 20.8. The van der Waals surface area contributed by atoms with Crippen LogP contribution >= 0.6 is 12.2 Å². The molecule has 1 aliphatic heterocycles. The largest absolute Gasteiger partial charge is 0.494 e. The molecule has 0 bridgehead atoms. The van der Waals surface area contributed by atoms with Crippen LogP contribution in [-0.4, -0.2) is 58.4 Å². The zero-order valence-electron chi connectivity index (χ0n) is 17.3. The smallest absolute Gasteiger partial charge is 0.242 e. The van der Waals surface area contributed by atoms with E-state index in [4.69, 9.17) is 17.0 Å². The Kier molecular flexibility index (Phi) is 6.31. The van der Waals surface area contributed by atoms with Crippen molar-refractivity contribution >= 4 is 23.8 Å². The Labute approximate surface area is 185 Å². The summed E-state index contributed by atoms with van der Waals surface area (Å²) in [6.45, 7) is 5.24. The molecule has 2 heterocycles. The number of benzene rings is 2. The third-order valence-corrected chi connectivity index (χ3v) is 5.61. The molecule has 1 aliphatic rings. The van der Waals surface area contributed by atoms with Gasteiger partial charge in [-0.2, -0.15) is 5.10 Å². The van der Waals surface area contributed by atoms with E-state index in [1.807, 2.05) is 36.1 Å². The number of halogens is 1. The van der Waals surface area contributed by atoms with Crippen LogP contribution in [0.3, 0.4) is 0 Å². The van der Waals surface area contributed by atoms with E-state index < -0.39 is 0 Å². The van der Waals surface area contributed by atoms with Crippen molar-refractivity contribution < 1.29 is 13.9 Å². The summed E-state index contributed by atoms with van der Waals surface area (Å²) in [5, 5.41) is 7.11. The molecule has 1 saturated heterocycles. The lowest BCUT2D eigenvalue weighted by molar-refractivity contribution is -0.132. The Morgan fingerprint density at radius 2 is 1.77 bits per heavy atom. The van der Waals surface area contributed by atoms with Gasteiger partial charge >= 0.3 is 0 Å². The lowest BCUT2D eigenvalue weighted by Gasteiger charge is -2.36. The van der Waals surface area contributed by atoms with Crippen molar-refractivity contribution in [1.82, 2.24) is 19.7 Å². The normalized spacial score (nSPS) is 14.0. The van der Waals surface area contributed by atoms with Gasteiger partial charge in [-0.15, -0.1) is 0 Å². The summed E-state index contributed by atoms with van der Waals surface area (Å²) in [4.78, 5) is 16.9. The van der Waals surface area contributed by atoms with Gasteiger partial charge in [0.05, 0.1) is 6.61 Å². The predicted molar refractivity (Wildman–Crippen MR) is 119 cm³/mol. The minimum Gasteiger partial charge on any atom is -0.494 e. The third kappa shape index (κ3) is 4.77. The average Bonchev–Trinajstić information content (AvgIpc) is 3.15. The molecule has 7 nitrogen and oxygen atoms in total. The van der Waals surface area contributed by atoms with Crippen LogP contribution in [-0.2, 0) is 11.3 Å². The van der Waals surface area contributed by atoms with Gasteiger partial charge in [-0.3, -0.25) is 14.5 Å². The molecular formula is C22H24FN5O2S. The molecule has 162 valence electrons. The number of aromatic nitrogens is 3. The number of aromatic amines is 1. The van der Waals surface area contributed by atoms with Crippen LogP contribution in [0.4, 0.5) is 10.1 Å². The van der Waals surface area contributed by atoms with E-state index in [1.54, 1.807) is 16.7 Å². The van der Waals surface area contributed by atoms with Crippen molar-refractivity contribution in [2.75, 3.05) is 37.7 Å². The minimum absolute atomic E-state index is 0.0107. The molecule has 2 aromatic carbocycles. The Hall–Kier alpha value is -3.20. The highest BCUT2D eigenvalue weighted by atomic mass is 32.1. The third-order valence-electron chi connectivity index (χ3n) is 5.30. The van der Waals surface area contributed by atoms with Gasteiger partial charge in [0.25, 0.3) is 0 Å². The minimum atomic E-state index is -0.252. The number of hydrogen-bond acceptors (Lipinski definition) is 5. The van der Waals surface area contributed by atoms with E-state index in [9.17, 15) is 9.18 Å². The van der Waals surface area contributed by atoms with Crippen LogP contribution in [0.1, 0.15) is 6.92 Å². The molecule has 1 aromatic heterocycles. The number of rotatable bonds is 6. The SMILES string of the molecule is CCOc1ccc(-c2n[nH]c(=S)n2CC(=O)N2CCN(c3ccc(F)cc3)CC2)cc1. The van der Waals surface area contributed by atoms with Crippen molar-refractivity contribution in [2.24, 2.45) is 0 Å². The van der Waals surface area contributed by atoms with Gasteiger partial charge in [0.1, 0.15) is 18.1 Å². The van der Waals surface area contributed by atoms with E-state index in [0.717, 1.165) is 17.0 Å². The highest BCUT2D eigenvalue weighted by Crippen LogP contribution is 2.22. The molecule has 9 heteroatoms. The maximum Gasteiger partial charge on any atom is 0.242 e. The van der Waals surface area contributed by atoms with Crippen LogP contribution in [0, 0.1) is 10.6 Å². The van der Waals surface area contributed by atoms with Crippen molar-refractivity contribution in [2.45, 2.75) is 13.5 Å². The Morgan fingerprint density at radius 3 is 2.42 bits per heavy atom. The van der Waals surface area contributed by atoms with Gasteiger partial charge in [-0.1, -0.05) is 0 Å². The summed E-state index contributed by atoms with van der Waals surface area (Å²) in [6, 6.07) is 14.0. The van der Waals surface area contributed by atoms with E-state index in [0.29, 0.717) is 43.4 Å². The molecule has 0 unspecified atom stereocenters. The molecule has 3 aromatic rings. The Bertz CT molecular complexity index is 1090. The molecular weight excluding hydrogens is 417 g/mol. The van der Waals surface area contributed by atoms with Crippen LogP contribution in [0.5, 0.6) is 5.75 Å². The topological polar surface area (TPSA) is 66.4 Å². The van der Waals surface area contributed by atoms with E-state index in [-0.39, 0.29) is 18.3 Å². The first-order chi connectivity index (χ1) is 15.0. The van der Waals surface area contributed by atoms with Gasteiger partial charge in [-0.05, 0) is 67.7 Å². The summed E-state index contributed by atoms with van der Waals surface area (Å²) in [5.74, 6) is 1.13. The number of nitrogens with zero attached hydrogens (tertiary/aromatic N) is 4. The number of carbonyl (C=O) groups excluding carboxylic acids is 1. The zero-order chi connectivity index (χ0) is 21.8. The van der Waals surface area contributed by atoms with Crippen LogP contribution in [0.15, 0.2) is 48.5 Å². The second kappa shape index (κ2) is 9.30. The molecule has 0 radical (unpaired) electrons. The second-order valence-electron chi connectivity index (χ2n) is 7.24. The van der Waals surface area contributed by atoms with Crippen LogP contribution < -0.4 is 9.64 Å². The lowest BCUT2D eigenvalue weighted by Crippen LogP contribution is -2.49. The zero-order valence-corrected chi connectivity index (χ0v) is 18.1. The Morgan fingerprint density at radius 1 is 1.10 bits per heavy atom. The molecule has 4 rings (SSSR count). The van der Waals surface area contributed by atoms with Crippen molar-refractivity contribution in [3.63, 3.8) is 0 Å². The highest BCUT2D eigenvalue weighted by molar-refractivity contribution is 7.71. The van der Waals surface area contributed by atoms with Gasteiger partial charge in [0, 0.05) is 37.4 Å². The molecule has 0 saturated carbocycles. The highest BCUT2D eigenvalue weighted by Gasteiger charge is 2.23. The maximum absolute atomic E-state index is 13.1. The van der Waals surface area contributed by atoms with E-state index in [1.165, 1.54) is 12.1 Å². The first-order valence-corrected chi connectivity index (χ1v) is 10.6. The number of hydrogen-bond donors (Lipinski definition) is 1. The number of amides is 1. The number of anilines is 1. The van der Waals surface area contributed by atoms with Crippen LogP contribution in [0.2, 0.25) is 0 Å². The van der Waals surface area contributed by atoms with Crippen molar-refractivity contribution in [1.29, 1.82) is 0 Å². The lowest BCUT2D eigenvalue weighted by atomic mass is 10.2. The average molecular weight is 442 g/mol. The van der Waals surface area contributed by atoms with Gasteiger partial charge in [0.2, 0.25) is 5.91 Å². The summed E-state index contributed by atoms with van der Waals surface area (Å²) in [7, 11) is 0. The van der Waals surface area contributed by atoms with Crippen LogP contribution in [0.25, 0.3) is 11.4 Å². The number of H-pyrrole nitrogens is 1. The number of nitrogens with one attached hydrogen (secondary N) is 1.